The second-order valence-corrected chi connectivity index (χ2v) is 10.2. The van der Waals surface area contributed by atoms with Crippen LogP contribution >= 0.6 is 0 Å². The van der Waals surface area contributed by atoms with Crippen molar-refractivity contribution >= 4 is 0 Å². The Hall–Kier alpha value is 0. The van der Waals surface area contributed by atoms with Gasteiger partial charge in [-0.3, -0.25) is 0 Å². The lowest BCUT2D eigenvalue weighted by molar-refractivity contribution is -0.514. The van der Waals surface area contributed by atoms with E-state index in [0.717, 1.165) is 0 Å². The largest absolute Gasteiger partial charge is 0.0585 e. The maximum Gasteiger partial charge on any atom is -0.0137 e. The van der Waals surface area contributed by atoms with Gasteiger partial charge >= 0.3 is 0 Å². The molecule has 5 aliphatic rings. The molecule has 5 rings (SSSR count). The molecule has 4 atom stereocenters. The van der Waals surface area contributed by atoms with Gasteiger partial charge in [-0.15, -0.1) is 0 Å². The SMILES string of the molecule is CC12CC3(C)C4(C)CC1(C)C1(C)C2(C)C3(C)C41C. The zero-order valence-electron chi connectivity index (χ0n) is 13.4. The van der Waals surface area contributed by atoms with Gasteiger partial charge in [0.15, 0.2) is 0 Å². The standard InChI is InChI=1S/C18H28/c1-11-9-13(3)14(4)10-12(11,2)16(6)15(11,5)17(13,7)18(14,16)8/h9-10H2,1-8H3. The van der Waals surface area contributed by atoms with E-state index in [0.29, 0.717) is 43.3 Å². The predicted octanol–water partition coefficient (Wildman–Crippen LogP) is 4.89. The fourth-order valence-electron chi connectivity index (χ4n) is 11.3. The van der Waals surface area contributed by atoms with Gasteiger partial charge in [0.25, 0.3) is 0 Å². The fourth-order valence-corrected chi connectivity index (χ4v) is 11.3. The average molecular weight is 244 g/mol. The Morgan fingerprint density at radius 3 is 0.722 bits per heavy atom. The summed E-state index contributed by atoms with van der Waals surface area (Å²) in [5, 5.41) is 0. The molecule has 5 fully saturated rings. The summed E-state index contributed by atoms with van der Waals surface area (Å²) in [4.78, 5) is 0. The smallest absolute Gasteiger partial charge is 0.0137 e. The molecule has 0 amide bonds. The van der Waals surface area contributed by atoms with E-state index in [1.807, 2.05) is 0 Å². The zero-order chi connectivity index (χ0) is 13.4. The molecule has 0 radical (unpaired) electrons. The van der Waals surface area contributed by atoms with E-state index in [1.54, 1.807) is 0 Å². The molecule has 100 valence electrons. The predicted molar refractivity (Wildman–Crippen MR) is 74.1 cm³/mol. The van der Waals surface area contributed by atoms with E-state index in [2.05, 4.69) is 55.4 Å². The number of fused-ring (bicyclic) bond motifs is 2. The Balaban J connectivity index is 1.98. The van der Waals surface area contributed by atoms with Gasteiger partial charge in [-0.25, -0.2) is 0 Å². The highest BCUT2D eigenvalue weighted by Gasteiger charge is 3.14. The van der Waals surface area contributed by atoms with Crippen LogP contribution in [0.5, 0.6) is 0 Å². The average Bonchev–Trinajstić information content (AvgIpc) is 2.40. The lowest BCUT2D eigenvalue weighted by Crippen LogP contribution is -2.94. The molecule has 0 heteroatoms. The van der Waals surface area contributed by atoms with E-state index in [-0.39, 0.29) is 0 Å². The van der Waals surface area contributed by atoms with Gasteiger partial charge in [-0.05, 0) is 56.2 Å². The van der Waals surface area contributed by atoms with Crippen molar-refractivity contribution in [3.05, 3.63) is 0 Å². The van der Waals surface area contributed by atoms with Crippen molar-refractivity contribution in [1.29, 1.82) is 0 Å². The van der Waals surface area contributed by atoms with Crippen LogP contribution in [-0.4, -0.2) is 0 Å². The minimum atomic E-state index is 0.598. The third-order valence-corrected chi connectivity index (χ3v) is 12.3. The molecule has 0 N–H and O–H groups in total. The molecular weight excluding hydrogens is 216 g/mol. The summed E-state index contributed by atoms with van der Waals surface area (Å²) in [6.07, 6.45) is 2.98. The molecule has 0 heterocycles. The number of hydrogen-bond donors (Lipinski definition) is 0. The number of rotatable bonds is 0. The molecule has 5 aliphatic carbocycles. The molecule has 0 nitrogen and oxygen atoms in total. The summed E-state index contributed by atoms with van der Waals surface area (Å²) in [6.45, 7) is 21.2. The lowest BCUT2D eigenvalue weighted by atomic mass is 9.06. The summed E-state index contributed by atoms with van der Waals surface area (Å²) in [5.74, 6) is 0. The monoisotopic (exact) mass is 244 g/mol. The minimum absolute atomic E-state index is 0.598. The van der Waals surface area contributed by atoms with Crippen LogP contribution in [-0.2, 0) is 0 Å². The van der Waals surface area contributed by atoms with Crippen LogP contribution in [0.15, 0.2) is 0 Å². The van der Waals surface area contributed by atoms with Crippen LogP contribution in [0.4, 0.5) is 0 Å². The molecule has 0 bridgehead atoms. The maximum absolute atomic E-state index is 2.66. The Kier molecular flexibility index (Phi) is 1.04. The Labute approximate surface area is 112 Å². The van der Waals surface area contributed by atoms with Gasteiger partial charge in [0.05, 0.1) is 0 Å². The van der Waals surface area contributed by atoms with E-state index in [4.69, 9.17) is 0 Å². The Bertz CT molecular complexity index is 450. The molecule has 0 aromatic heterocycles. The van der Waals surface area contributed by atoms with Gasteiger partial charge in [0.1, 0.15) is 0 Å². The molecule has 4 unspecified atom stereocenters. The zero-order valence-corrected chi connectivity index (χ0v) is 13.4. The first-order chi connectivity index (χ1) is 7.91. The van der Waals surface area contributed by atoms with Crippen LogP contribution in [0, 0.1) is 43.3 Å². The van der Waals surface area contributed by atoms with E-state index < -0.39 is 0 Å². The molecule has 0 aromatic rings. The highest BCUT2D eigenvalue weighted by molar-refractivity contribution is 5.61. The second-order valence-electron chi connectivity index (χ2n) is 10.2. The van der Waals surface area contributed by atoms with Crippen LogP contribution in [0.25, 0.3) is 0 Å². The Morgan fingerprint density at radius 1 is 0.389 bits per heavy atom. The van der Waals surface area contributed by atoms with Crippen LogP contribution in [0.1, 0.15) is 68.2 Å². The van der Waals surface area contributed by atoms with Crippen molar-refractivity contribution in [2.24, 2.45) is 43.3 Å². The highest BCUT2D eigenvalue weighted by Crippen LogP contribution is 3.18. The molecular formula is C18H28. The number of hydrogen-bond acceptors (Lipinski definition) is 0. The maximum atomic E-state index is 2.66. The van der Waals surface area contributed by atoms with Crippen molar-refractivity contribution in [2.75, 3.05) is 0 Å². The molecule has 0 aliphatic heterocycles. The van der Waals surface area contributed by atoms with E-state index in [9.17, 15) is 0 Å². The quantitative estimate of drug-likeness (QED) is 0.569. The summed E-state index contributed by atoms with van der Waals surface area (Å²) in [6, 6.07) is 0. The minimum Gasteiger partial charge on any atom is -0.0585 e. The fraction of sp³-hybridized carbons (Fsp3) is 1.00. The van der Waals surface area contributed by atoms with E-state index in [1.165, 1.54) is 12.8 Å². The molecule has 0 saturated heterocycles. The van der Waals surface area contributed by atoms with Crippen molar-refractivity contribution in [3.63, 3.8) is 0 Å². The topological polar surface area (TPSA) is 0 Å². The molecule has 5 saturated carbocycles. The van der Waals surface area contributed by atoms with Gasteiger partial charge in [-0.2, -0.15) is 0 Å². The summed E-state index contributed by atoms with van der Waals surface area (Å²) in [5.41, 5.74) is 4.81. The second kappa shape index (κ2) is 1.74. The van der Waals surface area contributed by atoms with Crippen LogP contribution in [0.3, 0.4) is 0 Å². The summed E-state index contributed by atoms with van der Waals surface area (Å²) >= 11 is 0. The van der Waals surface area contributed by atoms with Gasteiger partial charge < -0.3 is 0 Å². The van der Waals surface area contributed by atoms with Crippen LogP contribution in [0.2, 0.25) is 0 Å². The molecule has 0 spiro atoms. The van der Waals surface area contributed by atoms with Gasteiger partial charge in [0, 0.05) is 0 Å². The normalized spacial score (nSPS) is 89.3. The van der Waals surface area contributed by atoms with Crippen LogP contribution < -0.4 is 0 Å². The summed E-state index contributed by atoms with van der Waals surface area (Å²) < 4.78 is 0. The summed E-state index contributed by atoms with van der Waals surface area (Å²) in [7, 11) is 0. The van der Waals surface area contributed by atoms with E-state index >= 15 is 0 Å². The first-order valence-corrected chi connectivity index (χ1v) is 7.91. The molecule has 18 heavy (non-hydrogen) atoms. The van der Waals surface area contributed by atoms with Crippen molar-refractivity contribution in [1.82, 2.24) is 0 Å². The van der Waals surface area contributed by atoms with Gasteiger partial charge in [-0.1, -0.05) is 55.4 Å². The Morgan fingerprint density at radius 2 is 0.556 bits per heavy atom. The van der Waals surface area contributed by atoms with Crippen molar-refractivity contribution in [3.8, 4) is 0 Å². The molecule has 0 aromatic carbocycles. The van der Waals surface area contributed by atoms with Gasteiger partial charge in [0.2, 0.25) is 0 Å². The van der Waals surface area contributed by atoms with Crippen molar-refractivity contribution < 1.29 is 0 Å². The third kappa shape index (κ3) is 0.346. The lowest BCUT2D eigenvalue weighted by Gasteiger charge is -2.97. The third-order valence-electron chi connectivity index (χ3n) is 12.3. The first-order valence-electron chi connectivity index (χ1n) is 7.91. The van der Waals surface area contributed by atoms with Crippen molar-refractivity contribution in [2.45, 2.75) is 68.2 Å². The highest BCUT2D eigenvalue weighted by atomic mass is 15.2. The first kappa shape index (κ1) is 10.7.